The van der Waals surface area contributed by atoms with Gasteiger partial charge in [-0.1, -0.05) is 12.8 Å². The Kier molecular flexibility index (Phi) is 4.15. The minimum atomic E-state index is -0.202. The third-order valence-electron chi connectivity index (χ3n) is 4.13. The first-order valence-electron chi connectivity index (χ1n) is 7.47. The van der Waals surface area contributed by atoms with Crippen molar-refractivity contribution in [2.24, 2.45) is 13.0 Å². The van der Waals surface area contributed by atoms with Gasteiger partial charge in [0, 0.05) is 31.9 Å². The van der Waals surface area contributed by atoms with Crippen molar-refractivity contribution in [3.05, 3.63) is 24.5 Å². The van der Waals surface area contributed by atoms with Crippen LogP contribution in [0.4, 0.5) is 5.95 Å². The number of aliphatic hydroxyl groups is 1. The highest BCUT2D eigenvalue weighted by atomic mass is 16.3. The average Bonchev–Trinajstić information content (AvgIpc) is 2.93. The summed E-state index contributed by atoms with van der Waals surface area (Å²) in [5, 5.41) is 17.4. The van der Waals surface area contributed by atoms with Gasteiger partial charge in [0.2, 0.25) is 5.95 Å². The van der Waals surface area contributed by atoms with Crippen LogP contribution in [0.1, 0.15) is 25.7 Å². The van der Waals surface area contributed by atoms with Crippen molar-refractivity contribution in [1.29, 1.82) is 0 Å². The number of hydrogen-bond donors (Lipinski definition) is 2. The minimum Gasteiger partial charge on any atom is -0.393 e. The Balaban J connectivity index is 1.68. The summed E-state index contributed by atoms with van der Waals surface area (Å²) >= 11 is 0. The second-order valence-electron chi connectivity index (χ2n) is 5.60. The lowest BCUT2D eigenvalue weighted by Crippen LogP contribution is -2.30. The topological polar surface area (TPSA) is 75.9 Å². The summed E-state index contributed by atoms with van der Waals surface area (Å²) in [7, 11) is 1.89. The van der Waals surface area contributed by atoms with Crippen molar-refractivity contribution in [3.8, 4) is 11.4 Å². The Morgan fingerprint density at radius 3 is 2.90 bits per heavy atom. The van der Waals surface area contributed by atoms with Gasteiger partial charge in [-0.05, 0) is 25.0 Å². The first-order valence-corrected chi connectivity index (χ1v) is 7.47. The van der Waals surface area contributed by atoms with Gasteiger partial charge in [-0.25, -0.2) is 9.97 Å². The molecule has 2 aromatic rings. The second-order valence-corrected chi connectivity index (χ2v) is 5.60. The Labute approximate surface area is 124 Å². The maximum absolute atomic E-state index is 10.00. The van der Waals surface area contributed by atoms with Crippen LogP contribution >= 0.6 is 0 Å². The van der Waals surface area contributed by atoms with Crippen LogP contribution in [0.15, 0.2) is 24.5 Å². The quantitative estimate of drug-likeness (QED) is 0.897. The lowest BCUT2D eigenvalue weighted by Gasteiger charge is -2.27. The molecule has 2 atom stereocenters. The van der Waals surface area contributed by atoms with Crippen LogP contribution in [0.25, 0.3) is 11.4 Å². The summed E-state index contributed by atoms with van der Waals surface area (Å²) in [5.74, 6) is 0.897. The first kappa shape index (κ1) is 14.0. The molecule has 0 amide bonds. The van der Waals surface area contributed by atoms with Gasteiger partial charge in [0.1, 0.15) is 0 Å². The number of aryl methyl sites for hydroxylation is 1. The monoisotopic (exact) mass is 287 g/mol. The second kappa shape index (κ2) is 6.22. The molecule has 1 aliphatic carbocycles. The normalized spacial score (nSPS) is 22.2. The molecule has 0 aromatic carbocycles. The molecule has 0 aliphatic heterocycles. The highest BCUT2D eigenvalue weighted by molar-refractivity contribution is 5.55. The van der Waals surface area contributed by atoms with Crippen LogP contribution in [0.5, 0.6) is 0 Å². The van der Waals surface area contributed by atoms with Crippen molar-refractivity contribution in [3.63, 3.8) is 0 Å². The molecule has 1 saturated carbocycles. The summed E-state index contributed by atoms with van der Waals surface area (Å²) in [6, 6.07) is 3.80. The molecule has 1 aliphatic rings. The molecule has 21 heavy (non-hydrogen) atoms. The Morgan fingerprint density at radius 1 is 1.29 bits per heavy atom. The van der Waals surface area contributed by atoms with Crippen LogP contribution in [0.3, 0.4) is 0 Å². The fourth-order valence-corrected chi connectivity index (χ4v) is 2.86. The van der Waals surface area contributed by atoms with Crippen molar-refractivity contribution < 1.29 is 5.11 Å². The lowest BCUT2D eigenvalue weighted by atomic mass is 9.86. The number of nitrogens with zero attached hydrogens (tertiary/aromatic N) is 4. The summed E-state index contributed by atoms with van der Waals surface area (Å²) < 4.78 is 1.79. The van der Waals surface area contributed by atoms with E-state index in [-0.39, 0.29) is 6.10 Å². The third-order valence-corrected chi connectivity index (χ3v) is 4.13. The van der Waals surface area contributed by atoms with Crippen molar-refractivity contribution in [1.82, 2.24) is 19.7 Å². The van der Waals surface area contributed by atoms with Gasteiger partial charge in [-0.3, -0.25) is 4.68 Å². The van der Waals surface area contributed by atoms with Crippen LogP contribution in [-0.4, -0.2) is 37.5 Å². The molecule has 2 heterocycles. The molecule has 0 bridgehead atoms. The van der Waals surface area contributed by atoms with E-state index in [2.05, 4.69) is 20.4 Å². The Bertz CT molecular complexity index is 597. The highest BCUT2D eigenvalue weighted by Crippen LogP contribution is 2.24. The van der Waals surface area contributed by atoms with Gasteiger partial charge in [0.25, 0.3) is 0 Å². The molecule has 112 valence electrons. The summed E-state index contributed by atoms with van der Waals surface area (Å²) in [6.45, 7) is 0.718. The predicted molar refractivity (Wildman–Crippen MR) is 80.7 cm³/mol. The zero-order valence-corrected chi connectivity index (χ0v) is 12.2. The van der Waals surface area contributed by atoms with E-state index in [0.717, 1.165) is 37.2 Å². The van der Waals surface area contributed by atoms with Crippen molar-refractivity contribution in [2.45, 2.75) is 31.8 Å². The van der Waals surface area contributed by atoms with Gasteiger partial charge in [0.05, 0.1) is 17.5 Å². The zero-order valence-electron chi connectivity index (χ0n) is 12.2. The highest BCUT2D eigenvalue weighted by Gasteiger charge is 2.22. The maximum atomic E-state index is 10.00. The standard InChI is InChI=1S/C15H21N5O/c1-20-13(7-9-18-20)12-6-8-16-15(19-12)17-10-11-4-2-3-5-14(11)21/h6-9,11,14,21H,2-5,10H2,1H3,(H,16,17,19)/t11-,14+/m0/s1. The van der Waals surface area contributed by atoms with E-state index in [1.807, 2.05) is 19.2 Å². The molecular weight excluding hydrogens is 266 g/mol. The van der Waals surface area contributed by atoms with E-state index >= 15 is 0 Å². The van der Waals surface area contributed by atoms with E-state index in [0.29, 0.717) is 11.9 Å². The predicted octanol–water partition coefficient (Wildman–Crippen LogP) is 1.84. The molecular formula is C15H21N5O. The Hall–Kier alpha value is -1.95. The fraction of sp³-hybridized carbons (Fsp3) is 0.533. The first-order chi connectivity index (χ1) is 10.2. The number of nitrogens with one attached hydrogen (secondary N) is 1. The van der Waals surface area contributed by atoms with Gasteiger partial charge in [-0.15, -0.1) is 0 Å². The van der Waals surface area contributed by atoms with Crippen LogP contribution in [-0.2, 0) is 7.05 Å². The molecule has 3 rings (SSSR count). The van der Waals surface area contributed by atoms with Gasteiger partial charge < -0.3 is 10.4 Å². The molecule has 0 saturated heterocycles. The van der Waals surface area contributed by atoms with Crippen LogP contribution in [0.2, 0.25) is 0 Å². The van der Waals surface area contributed by atoms with E-state index in [4.69, 9.17) is 0 Å². The summed E-state index contributed by atoms with van der Waals surface area (Å²) in [6.07, 6.45) is 7.59. The summed E-state index contributed by atoms with van der Waals surface area (Å²) in [4.78, 5) is 8.78. The van der Waals surface area contributed by atoms with Crippen LogP contribution in [0, 0.1) is 5.92 Å². The SMILES string of the molecule is Cn1nccc1-c1ccnc(NC[C@@H]2CCCC[C@H]2O)n1. The molecule has 2 N–H and O–H groups in total. The molecule has 6 heteroatoms. The third kappa shape index (κ3) is 3.21. The zero-order chi connectivity index (χ0) is 14.7. The van der Waals surface area contributed by atoms with Crippen molar-refractivity contribution >= 4 is 5.95 Å². The molecule has 6 nitrogen and oxygen atoms in total. The Morgan fingerprint density at radius 2 is 2.14 bits per heavy atom. The lowest BCUT2D eigenvalue weighted by molar-refractivity contribution is 0.0762. The number of aliphatic hydroxyl groups excluding tert-OH is 1. The minimum absolute atomic E-state index is 0.202. The number of hydrogen-bond acceptors (Lipinski definition) is 5. The molecule has 2 aromatic heterocycles. The molecule has 0 unspecified atom stereocenters. The smallest absolute Gasteiger partial charge is 0.223 e. The number of anilines is 1. The van der Waals surface area contributed by atoms with Gasteiger partial charge >= 0.3 is 0 Å². The largest absolute Gasteiger partial charge is 0.393 e. The molecule has 1 fully saturated rings. The number of rotatable bonds is 4. The van der Waals surface area contributed by atoms with E-state index in [9.17, 15) is 5.11 Å². The van der Waals surface area contributed by atoms with E-state index < -0.39 is 0 Å². The molecule has 0 spiro atoms. The maximum Gasteiger partial charge on any atom is 0.223 e. The van der Waals surface area contributed by atoms with Crippen molar-refractivity contribution in [2.75, 3.05) is 11.9 Å². The van der Waals surface area contributed by atoms with Gasteiger partial charge in [-0.2, -0.15) is 5.10 Å². The van der Waals surface area contributed by atoms with Crippen LogP contribution < -0.4 is 5.32 Å². The van der Waals surface area contributed by atoms with Gasteiger partial charge in [0.15, 0.2) is 0 Å². The fourth-order valence-electron chi connectivity index (χ4n) is 2.86. The van der Waals surface area contributed by atoms with E-state index in [1.165, 1.54) is 6.42 Å². The number of aromatic nitrogens is 4. The molecule has 0 radical (unpaired) electrons. The summed E-state index contributed by atoms with van der Waals surface area (Å²) in [5.41, 5.74) is 1.80. The van der Waals surface area contributed by atoms with E-state index in [1.54, 1.807) is 17.1 Å². The average molecular weight is 287 g/mol.